The molecule has 0 bridgehead atoms. The molecule has 0 fully saturated rings. The number of rotatable bonds is 5. The summed E-state index contributed by atoms with van der Waals surface area (Å²) < 4.78 is 26.4. The summed E-state index contributed by atoms with van der Waals surface area (Å²) in [6, 6.07) is 6.60. The van der Waals surface area contributed by atoms with E-state index in [2.05, 4.69) is 0 Å². The Labute approximate surface area is 101 Å². The monoisotopic (exact) mass is 257 g/mol. The van der Waals surface area contributed by atoms with E-state index in [1.54, 1.807) is 31.2 Å². The van der Waals surface area contributed by atoms with E-state index in [1.807, 2.05) is 0 Å². The highest BCUT2D eigenvalue weighted by atomic mass is 32.2. The molecule has 2 N–H and O–H groups in total. The first kappa shape index (κ1) is 13.7. The van der Waals surface area contributed by atoms with Gasteiger partial charge in [0.05, 0.1) is 17.9 Å². The standard InChI is InChI=1S/C11H15NO4S/c1-2-16-11(13)10-5-3-9(4-6-10)7-8-17(12,14)15/h3-6H,2,7-8H2,1H3,(H2,12,14,15). The molecule has 17 heavy (non-hydrogen) atoms. The van der Waals surface area contributed by atoms with Gasteiger partial charge in [0, 0.05) is 0 Å². The van der Waals surface area contributed by atoms with Crippen molar-refractivity contribution in [2.24, 2.45) is 5.14 Å². The molecule has 94 valence electrons. The zero-order valence-corrected chi connectivity index (χ0v) is 10.4. The third kappa shape index (κ3) is 4.97. The lowest BCUT2D eigenvalue weighted by atomic mass is 10.1. The summed E-state index contributed by atoms with van der Waals surface area (Å²) >= 11 is 0. The SMILES string of the molecule is CCOC(=O)c1ccc(CCS(N)(=O)=O)cc1. The molecule has 0 amide bonds. The normalized spacial score (nSPS) is 11.2. The lowest BCUT2D eigenvalue weighted by molar-refractivity contribution is 0.0526. The number of hydrogen-bond donors (Lipinski definition) is 1. The molecule has 0 heterocycles. The number of sulfonamides is 1. The van der Waals surface area contributed by atoms with Crippen LogP contribution in [0.25, 0.3) is 0 Å². The highest BCUT2D eigenvalue weighted by molar-refractivity contribution is 7.89. The summed E-state index contributed by atoms with van der Waals surface area (Å²) in [5.74, 6) is -0.489. The molecule has 0 radical (unpaired) electrons. The van der Waals surface area contributed by atoms with Gasteiger partial charge in [0.2, 0.25) is 10.0 Å². The van der Waals surface area contributed by atoms with Crippen LogP contribution >= 0.6 is 0 Å². The summed E-state index contributed by atoms with van der Waals surface area (Å²) in [6.07, 6.45) is 0.335. The van der Waals surface area contributed by atoms with Crippen LogP contribution in [0.3, 0.4) is 0 Å². The van der Waals surface area contributed by atoms with Crippen molar-refractivity contribution in [1.82, 2.24) is 0 Å². The second-order valence-electron chi connectivity index (χ2n) is 3.53. The molecule has 0 saturated heterocycles. The first-order valence-corrected chi connectivity index (χ1v) is 6.90. The van der Waals surface area contributed by atoms with Crippen LogP contribution in [-0.2, 0) is 21.2 Å². The summed E-state index contributed by atoms with van der Waals surface area (Å²) in [5, 5.41) is 4.90. The van der Waals surface area contributed by atoms with Crippen LogP contribution in [-0.4, -0.2) is 26.7 Å². The van der Waals surface area contributed by atoms with Crippen molar-refractivity contribution in [3.8, 4) is 0 Å². The highest BCUT2D eigenvalue weighted by Crippen LogP contribution is 2.07. The summed E-state index contributed by atoms with van der Waals surface area (Å²) in [7, 11) is -3.45. The first-order chi connectivity index (χ1) is 7.92. The van der Waals surface area contributed by atoms with Crippen molar-refractivity contribution >= 4 is 16.0 Å². The molecule has 0 aliphatic carbocycles. The smallest absolute Gasteiger partial charge is 0.338 e. The number of hydrogen-bond acceptors (Lipinski definition) is 4. The van der Waals surface area contributed by atoms with Gasteiger partial charge < -0.3 is 4.74 Å². The number of primary sulfonamides is 1. The molecule has 1 aromatic carbocycles. The van der Waals surface area contributed by atoms with Gasteiger partial charge >= 0.3 is 5.97 Å². The summed E-state index contributed by atoms with van der Waals surface area (Å²) in [5.41, 5.74) is 1.26. The Balaban J connectivity index is 2.65. The summed E-state index contributed by atoms with van der Waals surface area (Å²) in [6.45, 7) is 2.06. The Bertz CT molecular complexity index is 479. The molecular weight excluding hydrogens is 242 g/mol. The zero-order chi connectivity index (χ0) is 12.9. The maximum Gasteiger partial charge on any atom is 0.338 e. The molecule has 0 atom stereocenters. The van der Waals surface area contributed by atoms with Gasteiger partial charge in [-0.05, 0) is 31.0 Å². The Kier molecular flexibility index (Phi) is 4.65. The van der Waals surface area contributed by atoms with E-state index in [0.717, 1.165) is 5.56 Å². The fraction of sp³-hybridized carbons (Fsp3) is 0.364. The summed E-state index contributed by atoms with van der Waals surface area (Å²) in [4.78, 5) is 11.3. The molecule has 5 nitrogen and oxygen atoms in total. The number of esters is 1. The van der Waals surface area contributed by atoms with Crippen LogP contribution in [0.4, 0.5) is 0 Å². The van der Waals surface area contributed by atoms with Crippen LogP contribution in [0.2, 0.25) is 0 Å². The number of benzene rings is 1. The molecule has 1 rings (SSSR count). The molecule has 0 unspecified atom stereocenters. The lowest BCUT2D eigenvalue weighted by Gasteiger charge is -2.03. The second-order valence-corrected chi connectivity index (χ2v) is 5.27. The predicted molar refractivity (Wildman–Crippen MR) is 64.1 cm³/mol. The van der Waals surface area contributed by atoms with E-state index in [0.29, 0.717) is 18.6 Å². The highest BCUT2D eigenvalue weighted by Gasteiger charge is 2.07. The van der Waals surface area contributed by atoms with Crippen LogP contribution in [0, 0.1) is 0 Å². The fourth-order valence-corrected chi connectivity index (χ4v) is 1.80. The van der Waals surface area contributed by atoms with Crippen molar-refractivity contribution < 1.29 is 17.9 Å². The van der Waals surface area contributed by atoms with E-state index >= 15 is 0 Å². The Morgan fingerprint density at radius 3 is 2.35 bits per heavy atom. The largest absolute Gasteiger partial charge is 0.462 e. The molecular formula is C11H15NO4S. The number of nitrogens with two attached hydrogens (primary N) is 1. The van der Waals surface area contributed by atoms with Gasteiger partial charge in [-0.25, -0.2) is 18.4 Å². The quantitative estimate of drug-likeness (QED) is 0.786. The van der Waals surface area contributed by atoms with E-state index in [9.17, 15) is 13.2 Å². The minimum Gasteiger partial charge on any atom is -0.462 e. The molecule has 1 aromatic rings. The zero-order valence-electron chi connectivity index (χ0n) is 9.55. The topological polar surface area (TPSA) is 86.5 Å². The van der Waals surface area contributed by atoms with E-state index in [4.69, 9.17) is 9.88 Å². The van der Waals surface area contributed by atoms with Gasteiger partial charge in [-0.15, -0.1) is 0 Å². The molecule has 0 aliphatic rings. The molecule has 0 aliphatic heterocycles. The van der Waals surface area contributed by atoms with Crippen LogP contribution in [0.1, 0.15) is 22.8 Å². The van der Waals surface area contributed by atoms with Gasteiger partial charge in [0.1, 0.15) is 0 Å². The Morgan fingerprint density at radius 1 is 1.29 bits per heavy atom. The van der Waals surface area contributed by atoms with Crippen molar-refractivity contribution in [3.63, 3.8) is 0 Å². The first-order valence-electron chi connectivity index (χ1n) is 5.19. The van der Waals surface area contributed by atoms with E-state index in [-0.39, 0.29) is 11.7 Å². The third-order valence-electron chi connectivity index (χ3n) is 2.14. The van der Waals surface area contributed by atoms with Crippen molar-refractivity contribution in [2.45, 2.75) is 13.3 Å². The lowest BCUT2D eigenvalue weighted by Crippen LogP contribution is -2.18. The average Bonchev–Trinajstić information content (AvgIpc) is 2.26. The fourth-order valence-electron chi connectivity index (χ4n) is 1.28. The Hall–Kier alpha value is -1.40. The van der Waals surface area contributed by atoms with Gasteiger partial charge in [0.15, 0.2) is 0 Å². The molecule has 0 saturated carbocycles. The molecule has 0 spiro atoms. The van der Waals surface area contributed by atoms with Crippen molar-refractivity contribution in [1.29, 1.82) is 0 Å². The minimum absolute atomic E-state index is 0.105. The van der Waals surface area contributed by atoms with Gasteiger partial charge in [-0.1, -0.05) is 12.1 Å². The Morgan fingerprint density at radius 2 is 1.88 bits per heavy atom. The molecule has 0 aromatic heterocycles. The maximum absolute atomic E-state index is 11.3. The van der Waals surface area contributed by atoms with Crippen LogP contribution in [0.15, 0.2) is 24.3 Å². The average molecular weight is 257 g/mol. The van der Waals surface area contributed by atoms with E-state index in [1.165, 1.54) is 0 Å². The predicted octanol–water partition coefficient (Wildman–Crippen LogP) is 0.694. The van der Waals surface area contributed by atoms with Gasteiger partial charge in [0.25, 0.3) is 0 Å². The van der Waals surface area contributed by atoms with Gasteiger partial charge in [-0.2, -0.15) is 0 Å². The van der Waals surface area contributed by atoms with Crippen LogP contribution < -0.4 is 5.14 Å². The van der Waals surface area contributed by atoms with Crippen molar-refractivity contribution in [3.05, 3.63) is 35.4 Å². The van der Waals surface area contributed by atoms with Gasteiger partial charge in [-0.3, -0.25) is 0 Å². The maximum atomic E-state index is 11.3. The number of aryl methyl sites for hydroxylation is 1. The van der Waals surface area contributed by atoms with E-state index < -0.39 is 10.0 Å². The number of carbonyl (C=O) groups excluding carboxylic acids is 1. The minimum atomic E-state index is -3.45. The number of ether oxygens (including phenoxy) is 1. The van der Waals surface area contributed by atoms with Crippen molar-refractivity contribution in [2.75, 3.05) is 12.4 Å². The number of carbonyl (C=O) groups is 1. The third-order valence-corrected chi connectivity index (χ3v) is 2.91. The molecule has 6 heteroatoms. The van der Waals surface area contributed by atoms with Crippen LogP contribution in [0.5, 0.6) is 0 Å². The second kappa shape index (κ2) is 5.79.